The van der Waals surface area contributed by atoms with Crippen LogP contribution in [0, 0.1) is 5.92 Å². The van der Waals surface area contributed by atoms with E-state index in [-0.39, 0.29) is 0 Å². The zero-order chi connectivity index (χ0) is 11.2. The van der Waals surface area contributed by atoms with Gasteiger partial charge in [0.05, 0.1) is 4.21 Å². The second-order valence-corrected chi connectivity index (χ2v) is 7.05. The lowest BCUT2D eigenvalue weighted by Crippen LogP contribution is -2.34. The van der Waals surface area contributed by atoms with Crippen LogP contribution in [0.5, 0.6) is 0 Å². The summed E-state index contributed by atoms with van der Waals surface area (Å²) in [6.07, 6.45) is 5.61. The molecule has 0 aliphatic heterocycles. The van der Waals surface area contributed by atoms with E-state index >= 15 is 0 Å². The molecule has 2 rings (SSSR count). The maximum atomic E-state index is 3.70. The third-order valence-electron chi connectivity index (χ3n) is 3.21. The molecule has 0 bridgehead atoms. The molecule has 1 fully saturated rings. The van der Waals surface area contributed by atoms with Crippen LogP contribution in [-0.2, 0) is 0 Å². The first-order valence-electron chi connectivity index (χ1n) is 6.24. The van der Waals surface area contributed by atoms with Crippen LogP contribution in [0.15, 0.2) is 21.7 Å². The first-order valence-corrected chi connectivity index (χ1v) is 8.11. The molecular formula is C13H21NS2. The van der Waals surface area contributed by atoms with Crippen LogP contribution in [0.4, 0.5) is 0 Å². The standard InChI is InChI=1S/C13H21NS2/c1-11-4-2-5-12(10-11)14-7-9-16-13-6-3-8-15-13/h3,6,8,11-12,14H,2,4-5,7,9-10H2,1H3. The van der Waals surface area contributed by atoms with E-state index < -0.39 is 0 Å². The Labute approximate surface area is 107 Å². The summed E-state index contributed by atoms with van der Waals surface area (Å²) in [5.41, 5.74) is 0. The van der Waals surface area contributed by atoms with Gasteiger partial charge in [-0.1, -0.05) is 25.8 Å². The molecule has 0 spiro atoms. The van der Waals surface area contributed by atoms with Gasteiger partial charge in [-0.3, -0.25) is 0 Å². The van der Waals surface area contributed by atoms with Crippen molar-refractivity contribution in [2.75, 3.05) is 12.3 Å². The summed E-state index contributed by atoms with van der Waals surface area (Å²) in [5.74, 6) is 2.13. The highest BCUT2D eigenvalue weighted by atomic mass is 32.2. The zero-order valence-corrected chi connectivity index (χ0v) is 11.6. The molecule has 90 valence electrons. The SMILES string of the molecule is CC1CCCC(NCCSc2cccs2)C1. The van der Waals surface area contributed by atoms with E-state index in [0.29, 0.717) is 0 Å². The van der Waals surface area contributed by atoms with Gasteiger partial charge in [0, 0.05) is 18.3 Å². The van der Waals surface area contributed by atoms with Crippen molar-refractivity contribution < 1.29 is 0 Å². The second-order valence-electron chi connectivity index (χ2n) is 4.70. The minimum Gasteiger partial charge on any atom is -0.313 e. The molecule has 16 heavy (non-hydrogen) atoms. The van der Waals surface area contributed by atoms with E-state index in [4.69, 9.17) is 0 Å². The van der Waals surface area contributed by atoms with Crippen molar-refractivity contribution in [1.82, 2.24) is 5.32 Å². The van der Waals surface area contributed by atoms with Gasteiger partial charge in [-0.2, -0.15) is 0 Å². The van der Waals surface area contributed by atoms with E-state index in [9.17, 15) is 0 Å². The van der Waals surface area contributed by atoms with Crippen molar-refractivity contribution in [3.63, 3.8) is 0 Å². The van der Waals surface area contributed by atoms with Crippen LogP contribution in [0.1, 0.15) is 32.6 Å². The summed E-state index contributed by atoms with van der Waals surface area (Å²) in [6, 6.07) is 5.12. The van der Waals surface area contributed by atoms with E-state index in [1.807, 2.05) is 23.1 Å². The molecule has 1 N–H and O–H groups in total. The van der Waals surface area contributed by atoms with Crippen molar-refractivity contribution >= 4 is 23.1 Å². The maximum Gasteiger partial charge on any atom is 0.0598 e. The summed E-state index contributed by atoms with van der Waals surface area (Å²) < 4.78 is 1.44. The lowest BCUT2D eigenvalue weighted by atomic mass is 9.87. The number of rotatable bonds is 5. The molecule has 1 heterocycles. The number of thiophene rings is 1. The quantitative estimate of drug-likeness (QED) is 0.630. The molecule has 1 aromatic rings. The topological polar surface area (TPSA) is 12.0 Å². The summed E-state index contributed by atoms with van der Waals surface area (Å²) >= 11 is 3.82. The molecule has 1 aromatic heterocycles. The Balaban J connectivity index is 1.57. The maximum absolute atomic E-state index is 3.70. The predicted molar refractivity (Wildman–Crippen MR) is 74.5 cm³/mol. The Bertz CT molecular complexity index is 284. The average molecular weight is 255 g/mol. The molecule has 1 nitrogen and oxygen atoms in total. The molecule has 2 atom stereocenters. The molecule has 3 heteroatoms. The normalized spacial score (nSPS) is 25.8. The van der Waals surface area contributed by atoms with Gasteiger partial charge in [0.2, 0.25) is 0 Å². The second kappa shape index (κ2) is 6.67. The van der Waals surface area contributed by atoms with Crippen LogP contribution < -0.4 is 5.32 Å². The number of hydrogen-bond acceptors (Lipinski definition) is 3. The molecule has 1 saturated carbocycles. The molecular weight excluding hydrogens is 234 g/mol. The molecule has 2 unspecified atom stereocenters. The average Bonchev–Trinajstić information content (AvgIpc) is 2.77. The molecule has 1 aliphatic rings. The minimum absolute atomic E-state index is 0.785. The number of thioether (sulfide) groups is 1. The fraction of sp³-hybridized carbons (Fsp3) is 0.692. The largest absolute Gasteiger partial charge is 0.313 e. The predicted octanol–water partition coefficient (Wildman–Crippen LogP) is 4.01. The number of hydrogen-bond donors (Lipinski definition) is 1. The molecule has 0 amide bonds. The van der Waals surface area contributed by atoms with E-state index in [1.54, 1.807) is 0 Å². The summed E-state index contributed by atoms with van der Waals surface area (Å²) in [7, 11) is 0. The zero-order valence-electron chi connectivity index (χ0n) is 9.95. The first kappa shape index (κ1) is 12.5. The third kappa shape index (κ3) is 4.11. The Kier molecular flexibility index (Phi) is 5.20. The molecule has 0 aromatic carbocycles. The summed E-state index contributed by atoms with van der Waals surface area (Å²) in [4.78, 5) is 0. The Morgan fingerprint density at radius 3 is 3.19 bits per heavy atom. The highest BCUT2D eigenvalue weighted by Crippen LogP contribution is 2.24. The Morgan fingerprint density at radius 1 is 1.50 bits per heavy atom. The van der Waals surface area contributed by atoms with Crippen LogP contribution >= 0.6 is 23.1 Å². The van der Waals surface area contributed by atoms with Crippen molar-refractivity contribution in [3.8, 4) is 0 Å². The summed E-state index contributed by atoms with van der Waals surface area (Å²) in [6.45, 7) is 3.54. The van der Waals surface area contributed by atoms with Crippen molar-refractivity contribution in [3.05, 3.63) is 17.5 Å². The molecule has 1 aliphatic carbocycles. The first-order chi connectivity index (χ1) is 7.84. The van der Waals surface area contributed by atoms with Gasteiger partial charge in [0.15, 0.2) is 0 Å². The Hall–Kier alpha value is 0.01000. The van der Waals surface area contributed by atoms with Gasteiger partial charge < -0.3 is 5.32 Å². The minimum atomic E-state index is 0.785. The van der Waals surface area contributed by atoms with E-state index in [2.05, 4.69) is 29.8 Å². The summed E-state index contributed by atoms with van der Waals surface area (Å²) in [5, 5.41) is 5.85. The fourth-order valence-electron chi connectivity index (χ4n) is 2.38. The van der Waals surface area contributed by atoms with Gasteiger partial charge >= 0.3 is 0 Å². The van der Waals surface area contributed by atoms with Crippen LogP contribution in [0.3, 0.4) is 0 Å². The van der Waals surface area contributed by atoms with Gasteiger partial charge in [-0.15, -0.1) is 23.1 Å². The van der Waals surface area contributed by atoms with Crippen molar-refractivity contribution in [2.45, 2.75) is 42.9 Å². The van der Waals surface area contributed by atoms with Crippen molar-refractivity contribution in [2.24, 2.45) is 5.92 Å². The van der Waals surface area contributed by atoms with E-state index in [1.165, 1.54) is 35.6 Å². The monoisotopic (exact) mass is 255 g/mol. The van der Waals surface area contributed by atoms with Gasteiger partial charge in [0.25, 0.3) is 0 Å². The lowest BCUT2D eigenvalue weighted by Gasteiger charge is -2.27. The highest BCUT2D eigenvalue weighted by molar-refractivity contribution is 8.01. The fourth-order valence-corrected chi connectivity index (χ4v) is 4.11. The van der Waals surface area contributed by atoms with E-state index in [0.717, 1.165) is 18.5 Å². The molecule has 0 saturated heterocycles. The molecule has 0 radical (unpaired) electrons. The highest BCUT2D eigenvalue weighted by Gasteiger charge is 2.17. The van der Waals surface area contributed by atoms with Gasteiger partial charge in [0.1, 0.15) is 0 Å². The van der Waals surface area contributed by atoms with Gasteiger partial charge in [-0.05, 0) is 30.2 Å². The Morgan fingerprint density at radius 2 is 2.44 bits per heavy atom. The van der Waals surface area contributed by atoms with Crippen LogP contribution in [0.25, 0.3) is 0 Å². The third-order valence-corrected chi connectivity index (χ3v) is 5.34. The lowest BCUT2D eigenvalue weighted by molar-refractivity contribution is 0.306. The van der Waals surface area contributed by atoms with Gasteiger partial charge in [-0.25, -0.2) is 0 Å². The smallest absolute Gasteiger partial charge is 0.0598 e. The van der Waals surface area contributed by atoms with Crippen LogP contribution in [-0.4, -0.2) is 18.3 Å². The van der Waals surface area contributed by atoms with Crippen molar-refractivity contribution in [1.29, 1.82) is 0 Å². The number of nitrogens with one attached hydrogen (secondary N) is 1. The van der Waals surface area contributed by atoms with Crippen LogP contribution in [0.2, 0.25) is 0 Å².